The van der Waals surface area contributed by atoms with Crippen molar-refractivity contribution in [2.75, 3.05) is 18.0 Å². The van der Waals surface area contributed by atoms with Crippen molar-refractivity contribution >= 4 is 5.69 Å². The van der Waals surface area contributed by atoms with Gasteiger partial charge in [0.05, 0.1) is 6.10 Å². The lowest BCUT2D eigenvalue weighted by Gasteiger charge is -2.29. The minimum absolute atomic E-state index is 0.464. The van der Waals surface area contributed by atoms with Gasteiger partial charge in [-0.05, 0) is 69.2 Å². The van der Waals surface area contributed by atoms with E-state index in [0.717, 1.165) is 5.75 Å². The van der Waals surface area contributed by atoms with Crippen molar-refractivity contribution in [3.8, 4) is 5.75 Å². The molecule has 0 atom stereocenters. The fraction of sp³-hybridized carbons (Fsp3) is 0.625. The first-order valence-corrected chi connectivity index (χ1v) is 7.43. The second kappa shape index (κ2) is 5.64. The Morgan fingerprint density at radius 1 is 0.833 bits per heavy atom. The Labute approximate surface area is 110 Å². The Morgan fingerprint density at radius 2 is 1.50 bits per heavy atom. The van der Waals surface area contributed by atoms with Crippen LogP contribution in [0.2, 0.25) is 0 Å². The van der Waals surface area contributed by atoms with Crippen LogP contribution in [0.4, 0.5) is 5.69 Å². The molecule has 3 rings (SSSR count). The number of rotatable bonds is 3. The fourth-order valence-electron chi connectivity index (χ4n) is 3.09. The molecule has 0 unspecified atom stereocenters. The molecule has 0 aromatic heterocycles. The van der Waals surface area contributed by atoms with E-state index in [4.69, 9.17) is 4.74 Å². The summed E-state index contributed by atoms with van der Waals surface area (Å²) in [5.41, 5.74) is 1.36. The molecule has 1 saturated carbocycles. The average molecular weight is 245 g/mol. The van der Waals surface area contributed by atoms with Gasteiger partial charge in [0, 0.05) is 18.8 Å². The third-order valence-electron chi connectivity index (χ3n) is 4.16. The van der Waals surface area contributed by atoms with Crippen molar-refractivity contribution in [1.82, 2.24) is 0 Å². The topological polar surface area (TPSA) is 12.5 Å². The Morgan fingerprint density at radius 3 is 2.17 bits per heavy atom. The van der Waals surface area contributed by atoms with Crippen LogP contribution in [0.3, 0.4) is 0 Å². The molecule has 2 heteroatoms. The SMILES string of the molecule is c1cc(N2CCCCC2)ccc1OC1CCCC1. The molecular formula is C16H23NO. The lowest BCUT2D eigenvalue weighted by Crippen LogP contribution is -2.29. The minimum Gasteiger partial charge on any atom is -0.490 e. The van der Waals surface area contributed by atoms with Gasteiger partial charge < -0.3 is 9.64 Å². The summed E-state index contributed by atoms with van der Waals surface area (Å²) in [6.45, 7) is 2.42. The molecule has 0 N–H and O–H groups in total. The molecule has 1 aromatic rings. The molecular weight excluding hydrogens is 222 g/mol. The summed E-state index contributed by atoms with van der Waals surface area (Å²) in [6, 6.07) is 8.72. The van der Waals surface area contributed by atoms with Gasteiger partial charge in [0.2, 0.25) is 0 Å². The quantitative estimate of drug-likeness (QED) is 0.798. The Kier molecular flexibility index (Phi) is 3.72. The first-order valence-electron chi connectivity index (χ1n) is 7.43. The van der Waals surface area contributed by atoms with Crippen molar-refractivity contribution in [3.05, 3.63) is 24.3 Å². The van der Waals surface area contributed by atoms with Gasteiger partial charge in [-0.15, -0.1) is 0 Å². The molecule has 1 aliphatic heterocycles. The smallest absolute Gasteiger partial charge is 0.119 e. The van der Waals surface area contributed by atoms with Crippen LogP contribution in [-0.2, 0) is 0 Å². The van der Waals surface area contributed by atoms with E-state index < -0.39 is 0 Å². The van der Waals surface area contributed by atoms with Crippen molar-refractivity contribution in [3.63, 3.8) is 0 Å². The summed E-state index contributed by atoms with van der Waals surface area (Å²) in [7, 11) is 0. The van der Waals surface area contributed by atoms with Crippen molar-refractivity contribution in [1.29, 1.82) is 0 Å². The van der Waals surface area contributed by atoms with Crippen LogP contribution in [0.1, 0.15) is 44.9 Å². The van der Waals surface area contributed by atoms with Gasteiger partial charge in [-0.1, -0.05) is 0 Å². The lowest BCUT2D eigenvalue weighted by atomic mass is 10.1. The Bertz CT molecular complexity index is 361. The predicted octanol–water partition coefficient (Wildman–Crippen LogP) is 4.00. The maximum atomic E-state index is 6.00. The highest BCUT2D eigenvalue weighted by molar-refractivity contribution is 5.49. The van der Waals surface area contributed by atoms with Gasteiger partial charge in [-0.3, -0.25) is 0 Å². The van der Waals surface area contributed by atoms with E-state index in [0.29, 0.717) is 6.10 Å². The van der Waals surface area contributed by atoms with Crippen LogP contribution < -0.4 is 9.64 Å². The second-order valence-electron chi connectivity index (χ2n) is 5.57. The normalized spacial score (nSPS) is 21.2. The van der Waals surface area contributed by atoms with Gasteiger partial charge in [-0.2, -0.15) is 0 Å². The van der Waals surface area contributed by atoms with E-state index in [1.165, 1.54) is 63.7 Å². The van der Waals surface area contributed by atoms with Gasteiger partial charge in [0.15, 0.2) is 0 Å². The largest absolute Gasteiger partial charge is 0.490 e. The van der Waals surface area contributed by atoms with Crippen LogP contribution in [0.15, 0.2) is 24.3 Å². The van der Waals surface area contributed by atoms with E-state index in [1.807, 2.05) is 0 Å². The summed E-state index contributed by atoms with van der Waals surface area (Å²) in [4.78, 5) is 2.49. The van der Waals surface area contributed by atoms with Crippen LogP contribution in [-0.4, -0.2) is 19.2 Å². The van der Waals surface area contributed by atoms with Crippen LogP contribution in [0.25, 0.3) is 0 Å². The summed E-state index contributed by atoms with van der Waals surface area (Å²) >= 11 is 0. The van der Waals surface area contributed by atoms with E-state index >= 15 is 0 Å². The molecule has 2 aliphatic rings. The standard InChI is InChI=1S/C16H23NO/c1-4-12-17(13-5-1)14-8-10-16(11-9-14)18-15-6-2-3-7-15/h8-11,15H,1-7,12-13H2. The fourth-order valence-corrected chi connectivity index (χ4v) is 3.09. The average Bonchev–Trinajstić information content (AvgIpc) is 2.94. The Balaban J connectivity index is 1.60. The van der Waals surface area contributed by atoms with Crippen molar-refractivity contribution in [2.24, 2.45) is 0 Å². The summed E-state index contributed by atoms with van der Waals surface area (Å²) < 4.78 is 6.00. The highest BCUT2D eigenvalue weighted by atomic mass is 16.5. The van der Waals surface area contributed by atoms with E-state index in [-0.39, 0.29) is 0 Å². The molecule has 0 radical (unpaired) electrons. The number of hydrogen-bond acceptors (Lipinski definition) is 2. The molecule has 2 nitrogen and oxygen atoms in total. The highest BCUT2D eigenvalue weighted by Crippen LogP contribution is 2.26. The molecule has 1 heterocycles. The molecule has 18 heavy (non-hydrogen) atoms. The molecule has 0 amide bonds. The zero-order valence-electron chi connectivity index (χ0n) is 11.1. The van der Waals surface area contributed by atoms with Crippen LogP contribution in [0, 0.1) is 0 Å². The summed E-state index contributed by atoms with van der Waals surface area (Å²) in [6.07, 6.45) is 9.64. The van der Waals surface area contributed by atoms with E-state index in [1.54, 1.807) is 0 Å². The number of ether oxygens (including phenoxy) is 1. The van der Waals surface area contributed by atoms with Gasteiger partial charge in [0.25, 0.3) is 0 Å². The number of nitrogens with zero attached hydrogens (tertiary/aromatic N) is 1. The second-order valence-corrected chi connectivity index (χ2v) is 5.57. The maximum absolute atomic E-state index is 6.00. The van der Waals surface area contributed by atoms with Crippen LogP contribution >= 0.6 is 0 Å². The third-order valence-corrected chi connectivity index (χ3v) is 4.16. The predicted molar refractivity (Wildman–Crippen MR) is 75.4 cm³/mol. The van der Waals surface area contributed by atoms with E-state index in [9.17, 15) is 0 Å². The molecule has 0 bridgehead atoms. The number of benzene rings is 1. The highest BCUT2D eigenvalue weighted by Gasteiger charge is 2.16. The zero-order valence-corrected chi connectivity index (χ0v) is 11.1. The lowest BCUT2D eigenvalue weighted by molar-refractivity contribution is 0.210. The third kappa shape index (κ3) is 2.80. The molecule has 98 valence electrons. The van der Waals surface area contributed by atoms with Gasteiger partial charge in [-0.25, -0.2) is 0 Å². The van der Waals surface area contributed by atoms with E-state index in [2.05, 4.69) is 29.2 Å². The minimum atomic E-state index is 0.464. The molecule has 0 spiro atoms. The van der Waals surface area contributed by atoms with Crippen LogP contribution in [0.5, 0.6) is 5.75 Å². The first kappa shape index (κ1) is 11.9. The molecule has 1 aliphatic carbocycles. The first-order chi connectivity index (χ1) is 8.92. The number of hydrogen-bond donors (Lipinski definition) is 0. The Hall–Kier alpha value is -1.18. The number of anilines is 1. The monoisotopic (exact) mass is 245 g/mol. The number of piperidine rings is 1. The summed E-state index contributed by atoms with van der Waals surface area (Å²) in [5, 5.41) is 0. The van der Waals surface area contributed by atoms with Crippen molar-refractivity contribution in [2.45, 2.75) is 51.0 Å². The summed E-state index contributed by atoms with van der Waals surface area (Å²) in [5.74, 6) is 1.04. The van der Waals surface area contributed by atoms with Gasteiger partial charge in [0.1, 0.15) is 5.75 Å². The zero-order chi connectivity index (χ0) is 12.2. The maximum Gasteiger partial charge on any atom is 0.119 e. The molecule has 1 aromatic carbocycles. The molecule has 2 fully saturated rings. The van der Waals surface area contributed by atoms with Gasteiger partial charge >= 0.3 is 0 Å². The molecule has 1 saturated heterocycles. The van der Waals surface area contributed by atoms with Crippen molar-refractivity contribution < 1.29 is 4.74 Å².